The van der Waals surface area contributed by atoms with Gasteiger partial charge in [0.1, 0.15) is 5.82 Å². The molecule has 3 N–H and O–H groups in total. The maximum Gasteiger partial charge on any atom is 0.319 e. The number of carbonyl (C=O) groups is 1. The van der Waals surface area contributed by atoms with E-state index in [9.17, 15) is 4.79 Å². The van der Waals surface area contributed by atoms with Crippen LogP contribution >= 0.6 is 0 Å². The summed E-state index contributed by atoms with van der Waals surface area (Å²) < 4.78 is 0. The molecule has 7 nitrogen and oxygen atoms in total. The van der Waals surface area contributed by atoms with Gasteiger partial charge in [-0.1, -0.05) is 60.7 Å². The lowest BCUT2D eigenvalue weighted by Gasteiger charge is -2.29. The van der Waals surface area contributed by atoms with Gasteiger partial charge in [-0.15, -0.1) is 0 Å². The monoisotopic (exact) mass is 494 g/mol. The standard InChI is InChI=1S/C30H34N6O/c1-36(2)28-25-13-7-9-15-27(25)33-29(35-28)32-23-18-16-21(17-19-23)20-31-30(37)34-26-14-8-6-12-24(26)22-10-4-3-5-11-22/h3-15,21,23H,16-20H2,1-2H3,(H2,31,34,37)(H,32,33,35)/t21-,23+. The lowest BCUT2D eigenvalue weighted by Crippen LogP contribution is -2.36. The van der Waals surface area contributed by atoms with Crippen molar-refractivity contribution in [3.05, 3.63) is 78.9 Å². The molecule has 2 amide bonds. The van der Waals surface area contributed by atoms with E-state index >= 15 is 0 Å². The number of hydrogen-bond acceptors (Lipinski definition) is 5. The fourth-order valence-corrected chi connectivity index (χ4v) is 5.02. The molecular weight excluding hydrogens is 460 g/mol. The number of hydrogen-bond donors (Lipinski definition) is 3. The molecule has 1 aromatic heterocycles. The second kappa shape index (κ2) is 11.3. The zero-order valence-electron chi connectivity index (χ0n) is 21.4. The Kier molecular flexibility index (Phi) is 7.49. The van der Waals surface area contributed by atoms with E-state index in [0.29, 0.717) is 24.5 Å². The van der Waals surface area contributed by atoms with E-state index in [1.807, 2.05) is 79.7 Å². The highest BCUT2D eigenvalue weighted by atomic mass is 16.2. The van der Waals surface area contributed by atoms with Crippen LogP contribution in [-0.4, -0.2) is 42.7 Å². The number of aromatic nitrogens is 2. The Morgan fingerprint density at radius 2 is 1.57 bits per heavy atom. The van der Waals surface area contributed by atoms with Crippen molar-refractivity contribution in [3.63, 3.8) is 0 Å². The van der Waals surface area contributed by atoms with E-state index in [1.54, 1.807) is 0 Å². The number of rotatable bonds is 7. The molecule has 190 valence electrons. The number of carbonyl (C=O) groups excluding carboxylic acids is 1. The van der Waals surface area contributed by atoms with Crippen LogP contribution in [0.4, 0.5) is 22.2 Å². The van der Waals surface area contributed by atoms with Gasteiger partial charge in [-0.3, -0.25) is 0 Å². The van der Waals surface area contributed by atoms with Gasteiger partial charge in [0, 0.05) is 37.6 Å². The van der Waals surface area contributed by atoms with Crippen molar-refractivity contribution >= 4 is 34.4 Å². The third kappa shape index (κ3) is 6.00. The molecule has 0 unspecified atom stereocenters. The molecule has 7 heteroatoms. The Morgan fingerprint density at radius 3 is 2.35 bits per heavy atom. The third-order valence-electron chi connectivity index (χ3n) is 7.00. The Labute approximate surface area is 218 Å². The normalized spacial score (nSPS) is 17.2. The lowest BCUT2D eigenvalue weighted by atomic mass is 9.86. The molecule has 1 saturated carbocycles. The Bertz CT molecular complexity index is 1350. The van der Waals surface area contributed by atoms with Crippen molar-refractivity contribution in [3.8, 4) is 11.1 Å². The first-order valence-electron chi connectivity index (χ1n) is 13.0. The first-order valence-corrected chi connectivity index (χ1v) is 13.0. The zero-order valence-corrected chi connectivity index (χ0v) is 21.4. The van der Waals surface area contributed by atoms with Crippen LogP contribution in [0.15, 0.2) is 78.9 Å². The van der Waals surface area contributed by atoms with Crippen molar-refractivity contribution in [1.29, 1.82) is 0 Å². The molecule has 0 spiro atoms. The van der Waals surface area contributed by atoms with Gasteiger partial charge in [0.05, 0.1) is 11.2 Å². The van der Waals surface area contributed by atoms with Gasteiger partial charge in [-0.2, -0.15) is 4.98 Å². The molecular formula is C30H34N6O. The van der Waals surface area contributed by atoms with E-state index < -0.39 is 0 Å². The summed E-state index contributed by atoms with van der Waals surface area (Å²) in [5.74, 6) is 2.06. The fraction of sp³-hybridized carbons (Fsp3) is 0.300. The second-order valence-electron chi connectivity index (χ2n) is 9.89. The number of nitrogens with one attached hydrogen (secondary N) is 3. The number of anilines is 3. The number of para-hydroxylation sites is 2. The smallest absolute Gasteiger partial charge is 0.319 e. The minimum atomic E-state index is -0.163. The maximum absolute atomic E-state index is 12.7. The van der Waals surface area contributed by atoms with Crippen LogP contribution in [0.25, 0.3) is 22.0 Å². The number of nitrogens with zero attached hydrogens (tertiary/aromatic N) is 3. The molecule has 0 atom stereocenters. The largest absolute Gasteiger partial charge is 0.362 e. The fourth-order valence-electron chi connectivity index (χ4n) is 5.02. The molecule has 1 aliphatic carbocycles. The SMILES string of the molecule is CN(C)c1nc(N[C@H]2CC[C@@H](CNC(=O)Nc3ccccc3-c3ccccc3)CC2)nc2ccccc12. The van der Waals surface area contributed by atoms with Crippen LogP contribution in [-0.2, 0) is 0 Å². The zero-order chi connectivity index (χ0) is 25.6. The summed E-state index contributed by atoms with van der Waals surface area (Å²) in [4.78, 5) is 24.2. The van der Waals surface area contributed by atoms with E-state index in [4.69, 9.17) is 9.97 Å². The molecule has 1 heterocycles. The van der Waals surface area contributed by atoms with Gasteiger partial charge in [0.25, 0.3) is 0 Å². The highest BCUT2D eigenvalue weighted by molar-refractivity contribution is 5.94. The van der Waals surface area contributed by atoms with Crippen LogP contribution in [0, 0.1) is 5.92 Å². The van der Waals surface area contributed by atoms with Gasteiger partial charge in [0.2, 0.25) is 5.95 Å². The van der Waals surface area contributed by atoms with Gasteiger partial charge in [0.15, 0.2) is 0 Å². The number of amides is 2. The van der Waals surface area contributed by atoms with E-state index in [2.05, 4.69) is 34.1 Å². The topological polar surface area (TPSA) is 82.2 Å². The molecule has 1 fully saturated rings. The van der Waals surface area contributed by atoms with Crippen molar-refractivity contribution in [2.24, 2.45) is 5.92 Å². The first kappa shape index (κ1) is 24.6. The summed E-state index contributed by atoms with van der Waals surface area (Å²) in [7, 11) is 4.01. The van der Waals surface area contributed by atoms with Gasteiger partial charge in [-0.25, -0.2) is 9.78 Å². The summed E-state index contributed by atoms with van der Waals surface area (Å²) in [6.45, 7) is 0.670. The Morgan fingerprint density at radius 1 is 0.865 bits per heavy atom. The molecule has 3 aromatic carbocycles. The molecule has 0 aliphatic heterocycles. The summed E-state index contributed by atoms with van der Waals surface area (Å²) in [6.07, 6.45) is 4.15. The van der Waals surface area contributed by atoms with Gasteiger partial charge < -0.3 is 20.9 Å². The van der Waals surface area contributed by atoms with Crippen molar-refractivity contribution in [2.75, 3.05) is 36.2 Å². The van der Waals surface area contributed by atoms with Crippen LogP contribution < -0.4 is 20.9 Å². The summed E-state index contributed by atoms with van der Waals surface area (Å²) in [5, 5.41) is 10.7. The van der Waals surface area contributed by atoms with E-state index in [-0.39, 0.29) is 6.03 Å². The Hall–Kier alpha value is -4.13. The highest BCUT2D eigenvalue weighted by Crippen LogP contribution is 2.29. The van der Waals surface area contributed by atoms with Crippen LogP contribution in [0.2, 0.25) is 0 Å². The average Bonchev–Trinajstić information content (AvgIpc) is 2.93. The van der Waals surface area contributed by atoms with Crippen molar-refractivity contribution in [1.82, 2.24) is 15.3 Å². The quantitative estimate of drug-likeness (QED) is 0.287. The first-order chi connectivity index (χ1) is 18.1. The lowest BCUT2D eigenvalue weighted by molar-refractivity contribution is 0.246. The minimum Gasteiger partial charge on any atom is -0.362 e. The molecule has 4 aromatic rings. The van der Waals surface area contributed by atoms with E-state index in [1.165, 1.54) is 0 Å². The van der Waals surface area contributed by atoms with E-state index in [0.717, 1.165) is 59.2 Å². The van der Waals surface area contributed by atoms with Crippen LogP contribution in [0.3, 0.4) is 0 Å². The van der Waals surface area contributed by atoms with Crippen LogP contribution in [0.5, 0.6) is 0 Å². The number of benzene rings is 3. The molecule has 37 heavy (non-hydrogen) atoms. The Balaban J connectivity index is 1.13. The van der Waals surface area contributed by atoms with Crippen molar-refractivity contribution < 1.29 is 4.79 Å². The molecule has 0 bridgehead atoms. The summed E-state index contributed by atoms with van der Waals surface area (Å²) in [5.41, 5.74) is 3.85. The van der Waals surface area contributed by atoms with Gasteiger partial charge in [-0.05, 0) is 55.4 Å². The molecule has 5 rings (SSSR count). The number of urea groups is 1. The molecule has 0 saturated heterocycles. The highest BCUT2D eigenvalue weighted by Gasteiger charge is 2.23. The number of fused-ring (bicyclic) bond motifs is 1. The maximum atomic E-state index is 12.7. The second-order valence-corrected chi connectivity index (χ2v) is 9.89. The molecule has 1 aliphatic rings. The summed E-state index contributed by atoms with van der Waals surface area (Å²) in [6, 6.07) is 26.3. The third-order valence-corrected chi connectivity index (χ3v) is 7.00. The molecule has 0 radical (unpaired) electrons. The minimum absolute atomic E-state index is 0.163. The summed E-state index contributed by atoms with van der Waals surface area (Å²) >= 11 is 0. The van der Waals surface area contributed by atoms with Crippen LogP contribution in [0.1, 0.15) is 25.7 Å². The van der Waals surface area contributed by atoms with Crippen molar-refractivity contribution in [2.45, 2.75) is 31.7 Å². The predicted octanol–water partition coefficient (Wildman–Crippen LogP) is 6.16. The average molecular weight is 495 g/mol. The predicted molar refractivity (Wildman–Crippen MR) is 152 cm³/mol. The van der Waals surface area contributed by atoms with Gasteiger partial charge >= 0.3 is 6.03 Å².